The Morgan fingerprint density at radius 3 is 2.78 bits per heavy atom. The van der Waals surface area contributed by atoms with E-state index in [4.69, 9.17) is 10.2 Å². The van der Waals surface area contributed by atoms with Crippen LogP contribution in [0, 0.1) is 6.92 Å². The molecule has 2 aromatic rings. The van der Waals surface area contributed by atoms with E-state index in [-0.39, 0.29) is 11.9 Å². The molecule has 0 fully saturated rings. The van der Waals surface area contributed by atoms with Gasteiger partial charge < -0.3 is 10.2 Å². The van der Waals surface area contributed by atoms with Crippen LogP contribution in [0.4, 0.5) is 6.01 Å². The lowest BCUT2D eigenvalue weighted by Crippen LogP contribution is -2.12. The number of benzene rings is 1. The van der Waals surface area contributed by atoms with Crippen molar-refractivity contribution in [3.63, 3.8) is 0 Å². The lowest BCUT2D eigenvalue weighted by molar-refractivity contribution is 0.102. The number of oxazole rings is 1. The Labute approximate surface area is 105 Å². The van der Waals surface area contributed by atoms with E-state index >= 15 is 0 Å². The predicted molar refractivity (Wildman–Crippen MR) is 68.4 cm³/mol. The number of hydrogen-bond acceptors (Lipinski definition) is 4. The van der Waals surface area contributed by atoms with Crippen molar-refractivity contribution in [2.24, 2.45) is 5.73 Å². The van der Waals surface area contributed by atoms with E-state index in [1.54, 1.807) is 12.1 Å². The summed E-state index contributed by atoms with van der Waals surface area (Å²) >= 11 is 0. The lowest BCUT2D eigenvalue weighted by Gasteiger charge is -2.01. The maximum Gasteiger partial charge on any atom is 0.301 e. The van der Waals surface area contributed by atoms with Crippen LogP contribution in [0.1, 0.15) is 21.6 Å². The standard InChI is InChI=1S/C13H15N3O2/c1-9-2-4-10(5-3-9)12(17)16-13-15-11(6-7-14)8-18-13/h2-5,8H,6-7,14H2,1H3,(H,15,16,17). The number of aryl methyl sites for hydroxylation is 1. The first kappa shape index (κ1) is 12.3. The average molecular weight is 245 g/mol. The summed E-state index contributed by atoms with van der Waals surface area (Å²) < 4.78 is 5.13. The molecule has 0 saturated heterocycles. The van der Waals surface area contributed by atoms with E-state index in [9.17, 15) is 4.79 Å². The molecule has 3 N–H and O–H groups in total. The van der Waals surface area contributed by atoms with Crippen molar-refractivity contribution >= 4 is 11.9 Å². The van der Waals surface area contributed by atoms with Gasteiger partial charge in [-0.15, -0.1) is 0 Å². The molecule has 1 heterocycles. The second-order valence-corrected chi connectivity index (χ2v) is 4.00. The Kier molecular flexibility index (Phi) is 3.74. The minimum atomic E-state index is -0.240. The van der Waals surface area contributed by atoms with Crippen LogP contribution in [0.2, 0.25) is 0 Å². The summed E-state index contributed by atoms with van der Waals surface area (Å²) in [6.07, 6.45) is 2.13. The van der Waals surface area contributed by atoms with Gasteiger partial charge in [0.05, 0.1) is 5.69 Å². The highest BCUT2D eigenvalue weighted by Crippen LogP contribution is 2.10. The number of carbonyl (C=O) groups is 1. The summed E-state index contributed by atoms with van der Waals surface area (Å²) in [6.45, 7) is 2.47. The van der Waals surface area contributed by atoms with Crippen LogP contribution < -0.4 is 11.1 Å². The number of anilines is 1. The fourth-order valence-electron chi connectivity index (χ4n) is 1.50. The fraction of sp³-hybridized carbons (Fsp3) is 0.231. The molecule has 0 unspecified atom stereocenters. The lowest BCUT2D eigenvalue weighted by atomic mass is 10.1. The summed E-state index contributed by atoms with van der Waals surface area (Å²) in [5.74, 6) is -0.240. The third-order valence-electron chi connectivity index (χ3n) is 2.49. The van der Waals surface area contributed by atoms with E-state index in [0.717, 1.165) is 11.3 Å². The number of hydrogen-bond donors (Lipinski definition) is 2. The van der Waals surface area contributed by atoms with Gasteiger partial charge >= 0.3 is 6.01 Å². The van der Waals surface area contributed by atoms with E-state index in [2.05, 4.69) is 10.3 Å². The van der Waals surface area contributed by atoms with Gasteiger partial charge in [-0.2, -0.15) is 4.98 Å². The molecule has 0 atom stereocenters. The van der Waals surface area contributed by atoms with Crippen molar-refractivity contribution in [1.82, 2.24) is 4.98 Å². The highest BCUT2D eigenvalue weighted by atomic mass is 16.4. The molecule has 1 aromatic heterocycles. The zero-order chi connectivity index (χ0) is 13.0. The Morgan fingerprint density at radius 2 is 2.11 bits per heavy atom. The molecule has 0 aliphatic carbocycles. The number of rotatable bonds is 4. The van der Waals surface area contributed by atoms with Gasteiger partial charge in [-0.3, -0.25) is 10.1 Å². The second-order valence-electron chi connectivity index (χ2n) is 4.00. The minimum absolute atomic E-state index is 0.198. The molecule has 5 heteroatoms. The van der Waals surface area contributed by atoms with Crippen LogP contribution in [0.3, 0.4) is 0 Å². The SMILES string of the molecule is Cc1ccc(C(=O)Nc2nc(CCN)co2)cc1. The summed E-state index contributed by atoms with van der Waals surface area (Å²) in [5.41, 5.74) is 7.81. The first-order chi connectivity index (χ1) is 8.69. The normalized spacial score (nSPS) is 10.3. The van der Waals surface area contributed by atoms with Crippen LogP contribution in [-0.4, -0.2) is 17.4 Å². The van der Waals surface area contributed by atoms with Gasteiger partial charge in [-0.05, 0) is 25.6 Å². The van der Waals surface area contributed by atoms with Crippen LogP contribution in [-0.2, 0) is 6.42 Å². The van der Waals surface area contributed by atoms with Gasteiger partial charge in [-0.25, -0.2) is 0 Å². The number of carbonyl (C=O) groups excluding carboxylic acids is 1. The van der Waals surface area contributed by atoms with Crippen molar-refractivity contribution in [3.8, 4) is 0 Å². The molecule has 94 valence electrons. The zero-order valence-electron chi connectivity index (χ0n) is 10.1. The van der Waals surface area contributed by atoms with Crippen LogP contribution in [0.5, 0.6) is 0 Å². The number of amides is 1. The smallest absolute Gasteiger partial charge is 0.301 e. The Morgan fingerprint density at radius 1 is 1.39 bits per heavy atom. The first-order valence-corrected chi connectivity index (χ1v) is 5.71. The van der Waals surface area contributed by atoms with Crippen molar-refractivity contribution in [3.05, 3.63) is 47.3 Å². The van der Waals surface area contributed by atoms with Gasteiger partial charge in [0.25, 0.3) is 5.91 Å². The number of nitrogens with two attached hydrogens (primary N) is 1. The molecule has 0 spiro atoms. The van der Waals surface area contributed by atoms with Gasteiger partial charge in [-0.1, -0.05) is 17.7 Å². The largest absolute Gasteiger partial charge is 0.432 e. The van der Waals surface area contributed by atoms with Crippen LogP contribution in [0.15, 0.2) is 34.9 Å². The average Bonchev–Trinajstić information content (AvgIpc) is 2.78. The molecular formula is C13H15N3O2. The maximum atomic E-state index is 11.9. The summed E-state index contributed by atoms with van der Waals surface area (Å²) in [5, 5.41) is 2.60. The van der Waals surface area contributed by atoms with Gasteiger partial charge in [0.1, 0.15) is 6.26 Å². The number of aromatic nitrogens is 1. The van der Waals surface area contributed by atoms with E-state index < -0.39 is 0 Å². The topological polar surface area (TPSA) is 81.2 Å². The van der Waals surface area contributed by atoms with Crippen molar-refractivity contribution in [2.75, 3.05) is 11.9 Å². The third kappa shape index (κ3) is 2.95. The monoisotopic (exact) mass is 245 g/mol. The third-order valence-corrected chi connectivity index (χ3v) is 2.49. The van der Waals surface area contributed by atoms with Crippen molar-refractivity contribution < 1.29 is 9.21 Å². The molecule has 0 bridgehead atoms. The van der Waals surface area contributed by atoms with Gasteiger partial charge in [0, 0.05) is 12.0 Å². The van der Waals surface area contributed by atoms with Gasteiger partial charge in [0.2, 0.25) is 0 Å². The summed E-state index contributed by atoms with van der Waals surface area (Å²) in [6, 6.07) is 7.47. The van der Waals surface area contributed by atoms with Crippen LogP contribution in [0.25, 0.3) is 0 Å². The highest BCUT2D eigenvalue weighted by Gasteiger charge is 2.09. The minimum Gasteiger partial charge on any atom is -0.432 e. The Hall–Kier alpha value is -2.14. The maximum absolute atomic E-state index is 11.9. The molecule has 0 radical (unpaired) electrons. The molecule has 2 rings (SSSR count). The molecule has 18 heavy (non-hydrogen) atoms. The molecule has 0 aliphatic heterocycles. The molecule has 1 amide bonds. The first-order valence-electron chi connectivity index (χ1n) is 5.71. The molecule has 5 nitrogen and oxygen atoms in total. The van der Waals surface area contributed by atoms with Gasteiger partial charge in [0.15, 0.2) is 0 Å². The Bertz CT molecular complexity index is 531. The summed E-state index contributed by atoms with van der Waals surface area (Å²) in [7, 11) is 0. The second kappa shape index (κ2) is 5.46. The zero-order valence-corrected chi connectivity index (χ0v) is 10.1. The number of nitrogens with one attached hydrogen (secondary N) is 1. The molecule has 0 aliphatic rings. The highest BCUT2D eigenvalue weighted by molar-refractivity contribution is 6.03. The molecular weight excluding hydrogens is 230 g/mol. The summed E-state index contributed by atoms with van der Waals surface area (Å²) in [4.78, 5) is 16.0. The predicted octanol–water partition coefficient (Wildman–Crippen LogP) is 1.74. The van der Waals surface area contributed by atoms with Crippen LogP contribution >= 0.6 is 0 Å². The quantitative estimate of drug-likeness (QED) is 0.859. The van der Waals surface area contributed by atoms with E-state index in [1.807, 2.05) is 19.1 Å². The van der Waals surface area contributed by atoms with E-state index in [1.165, 1.54) is 6.26 Å². The Balaban J connectivity index is 2.04. The van der Waals surface area contributed by atoms with Crippen molar-refractivity contribution in [1.29, 1.82) is 0 Å². The van der Waals surface area contributed by atoms with E-state index in [0.29, 0.717) is 18.5 Å². The fourth-order valence-corrected chi connectivity index (χ4v) is 1.50. The van der Waals surface area contributed by atoms with Crippen molar-refractivity contribution in [2.45, 2.75) is 13.3 Å². The number of nitrogens with zero attached hydrogens (tertiary/aromatic N) is 1. The molecule has 0 saturated carbocycles. The molecule has 1 aromatic carbocycles.